The third-order valence-electron chi connectivity index (χ3n) is 8.30. The first-order valence-electron chi connectivity index (χ1n) is 13.6. The molecule has 4 fully saturated rings. The van der Waals surface area contributed by atoms with Crippen LogP contribution in [0.4, 0.5) is 10.5 Å². The van der Waals surface area contributed by atoms with Crippen molar-refractivity contribution in [3.05, 3.63) is 65.7 Å². The normalized spacial score (nSPS) is 30.6. The molecule has 9 heteroatoms. The molecule has 0 spiro atoms. The van der Waals surface area contributed by atoms with Crippen LogP contribution in [0.15, 0.2) is 54.6 Å². The molecule has 4 N–H and O–H groups in total. The predicted octanol–water partition coefficient (Wildman–Crippen LogP) is 2.46. The summed E-state index contributed by atoms with van der Waals surface area (Å²) in [5.41, 5.74) is 7.02. The second-order valence-electron chi connectivity index (χ2n) is 10.7. The number of carbonyl (C=O) groups is 2. The highest BCUT2D eigenvalue weighted by Crippen LogP contribution is 2.35. The number of amides is 3. The number of hydrogen-bond donors (Lipinski definition) is 4. The molecule has 37 heavy (non-hydrogen) atoms. The van der Waals surface area contributed by atoms with E-state index in [0.29, 0.717) is 12.6 Å². The van der Waals surface area contributed by atoms with Crippen LogP contribution >= 0.6 is 0 Å². The molecule has 2 aromatic rings. The fourth-order valence-corrected chi connectivity index (χ4v) is 6.28. The average Bonchev–Trinajstić information content (AvgIpc) is 3.58. The van der Waals surface area contributed by atoms with Gasteiger partial charge in [-0.05, 0) is 55.6 Å². The number of urea groups is 1. The third kappa shape index (κ3) is 4.72. The number of nitrogens with zero attached hydrogens (tertiary/aromatic N) is 3. The molecule has 5 unspecified atom stereocenters. The molecule has 6 rings (SSSR count). The number of piperidine rings is 1. The summed E-state index contributed by atoms with van der Waals surface area (Å²) >= 11 is 0. The summed E-state index contributed by atoms with van der Waals surface area (Å²) in [6.45, 7) is 3.30. The maximum atomic E-state index is 13.5. The number of hydrazine groups is 1. The zero-order valence-electron chi connectivity index (χ0n) is 21.4. The Hall–Kier alpha value is -2.98. The molecular formula is C28H37N7O2. The van der Waals surface area contributed by atoms with Crippen molar-refractivity contribution in [3.63, 3.8) is 0 Å². The summed E-state index contributed by atoms with van der Waals surface area (Å²) in [6, 6.07) is 19.1. The molecule has 5 atom stereocenters. The van der Waals surface area contributed by atoms with Crippen LogP contribution in [0.1, 0.15) is 42.9 Å². The number of hydrogen-bond acceptors (Lipinski definition) is 7. The minimum atomic E-state index is -0.436. The Morgan fingerprint density at radius 1 is 0.973 bits per heavy atom. The highest BCUT2D eigenvalue weighted by atomic mass is 16.2. The van der Waals surface area contributed by atoms with Crippen LogP contribution in [0.5, 0.6) is 0 Å². The minimum Gasteiger partial charge on any atom is -0.368 e. The standard InChI is InChI=1S/C28H37N7O2/c1-33-27(36)24-25(31-21-7-3-2-4-8-21)34(32-26(24)35(28(33)37)22-14-16-29-17-22)18-19-10-12-20(13-11-19)23-9-5-6-15-30-23/h2-4,7-8,10-13,22-26,29-32H,5-6,9,14-18H2,1H3. The van der Waals surface area contributed by atoms with Gasteiger partial charge in [-0.3, -0.25) is 9.69 Å². The lowest BCUT2D eigenvalue weighted by Crippen LogP contribution is -2.66. The number of anilines is 1. The summed E-state index contributed by atoms with van der Waals surface area (Å²) in [5.74, 6) is -0.589. The number of fused-ring (bicyclic) bond motifs is 1. The van der Waals surface area contributed by atoms with Crippen molar-refractivity contribution < 1.29 is 9.59 Å². The number of para-hydroxylation sites is 1. The Bertz CT molecular complexity index is 1100. The molecule has 0 bridgehead atoms. The molecule has 4 aliphatic heterocycles. The van der Waals surface area contributed by atoms with Crippen LogP contribution in [-0.2, 0) is 11.3 Å². The summed E-state index contributed by atoms with van der Waals surface area (Å²) in [7, 11) is 1.61. The Morgan fingerprint density at radius 3 is 2.49 bits per heavy atom. The van der Waals surface area contributed by atoms with Gasteiger partial charge >= 0.3 is 6.03 Å². The maximum absolute atomic E-state index is 13.5. The summed E-state index contributed by atoms with van der Waals surface area (Å²) in [5, 5.41) is 12.7. The van der Waals surface area contributed by atoms with Crippen molar-refractivity contribution in [1.82, 2.24) is 30.9 Å². The van der Waals surface area contributed by atoms with Crippen LogP contribution in [0, 0.1) is 5.92 Å². The van der Waals surface area contributed by atoms with Crippen molar-refractivity contribution in [2.45, 2.75) is 56.6 Å². The van der Waals surface area contributed by atoms with Crippen LogP contribution in [-0.4, -0.2) is 71.8 Å². The van der Waals surface area contributed by atoms with E-state index >= 15 is 0 Å². The number of benzene rings is 2. The second kappa shape index (κ2) is 10.4. The molecule has 4 aliphatic rings. The van der Waals surface area contributed by atoms with Crippen molar-refractivity contribution in [2.24, 2.45) is 5.92 Å². The largest absolute Gasteiger partial charge is 0.368 e. The molecule has 9 nitrogen and oxygen atoms in total. The number of carbonyl (C=O) groups excluding carboxylic acids is 2. The van der Waals surface area contributed by atoms with Crippen molar-refractivity contribution in [1.29, 1.82) is 0 Å². The van der Waals surface area contributed by atoms with E-state index in [2.05, 4.69) is 50.7 Å². The van der Waals surface area contributed by atoms with Crippen molar-refractivity contribution >= 4 is 17.6 Å². The van der Waals surface area contributed by atoms with E-state index in [1.807, 2.05) is 35.2 Å². The molecule has 4 saturated heterocycles. The number of nitrogens with one attached hydrogen (secondary N) is 4. The van der Waals surface area contributed by atoms with E-state index in [4.69, 9.17) is 0 Å². The van der Waals surface area contributed by atoms with E-state index in [1.54, 1.807) is 7.05 Å². The van der Waals surface area contributed by atoms with Crippen LogP contribution < -0.4 is 21.4 Å². The molecule has 196 valence electrons. The van der Waals surface area contributed by atoms with E-state index in [1.165, 1.54) is 29.7 Å². The van der Waals surface area contributed by atoms with Gasteiger partial charge in [0, 0.05) is 37.9 Å². The molecular weight excluding hydrogens is 466 g/mol. The Labute approximate surface area is 218 Å². The van der Waals surface area contributed by atoms with Crippen molar-refractivity contribution in [2.75, 3.05) is 32.0 Å². The maximum Gasteiger partial charge on any atom is 0.328 e. The lowest BCUT2D eigenvalue weighted by Gasteiger charge is -2.43. The van der Waals surface area contributed by atoms with Crippen molar-refractivity contribution in [3.8, 4) is 0 Å². The van der Waals surface area contributed by atoms with Gasteiger partial charge in [-0.15, -0.1) is 0 Å². The fraction of sp³-hybridized carbons (Fsp3) is 0.500. The van der Waals surface area contributed by atoms with Crippen LogP contribution in [0.25, 0.3) is 0 Å². The molecule has 0 aromatic heterocycles. The van der Waals surface area contributed by atoms with Crippen LogP contribution in [0.3, 0.4) is 0 Å². The summed E-state index contributed by atoms with van der Waals surface area (Å²) < 4.78 is 0. The van der Waals surface area contributed by atoms with E-state index in [-0.39, 0.29) is 24.1 Å². The average molecular weight is 504 g/mol. The first-order chi connectivity index (χ1) is 18.1. The molecule has 3 amide bonds. The van der Waals surface area contributed by atoms with Gasteiger partial charge in [0.05, 0.1) is 0 Å². The monoisotopic (exact) mass is 503 g/mol. The molecule has 0 radical (unpaired) electrons. The highest BCUT2D eigenvalue weighted by Gasteiger charge is 2.56. The molecule has 2 aromatic carbocycles. The van der Waals surface area contributed by atoms with Gasteiger partial charge in [-0.1, -0.05) is 48.9 Å². The van der Waals surface area contributed by atoms with Gasteiger partial charge in [-0.25, -0.2) is 15.2 Å². The van der Waals surface area contributed by atoms with Gasteiger partial charge in [0.25, 0.3) is 0 Å². The topological polar surface area (TPSA) is 92.0 Å². The fourth-order valence-electron chi connectivity index (χ4n) is 6.28. The molecule has 0 saturated carbocycles. The van der Waals surface area contributed by atoms with Gasteiger partial charge in [0.2, 0.25) is 5.91 Å². The molecule has 4 heterocycles. The zero-order valence-corrected chi connectivity index (χ0v) is 21.4. The smallest absolute Gasteiger partial charge is 0.328 e. The summed E-state index contributed by atoms with van der Waals surface area (Å²) in [4.78, 5) is 30.0. The first-order valence-corrected chi connectivity index (χ1v) is 13.6. The number of imide groups is 1. The Kier molecular flexibility index (Phi) is 6.86. The lowest BCUT2D eigenvalue weighted by atomic mass is 9.96. The van der Waals surface area contributed by atoms with Gasteiger partial charge < -0.3 is 20.9 Å². The van der Waals surface area contributed by atoms with E-state index in [9.17, 15) is 9.59 Å². The Morgan fingerprint density at radius 2 is 1.78 bits per heavy atom. The highest BCUT2D eigenvalue weighted by molar-refractivity contribution is 5.99. The SMILES string of the molecule is CN1C(=O)C2C(Nc3ccccc3)N(Cc3ccc(C4CCCCN4)cc3)NC2N(C2CCNC2)C1=O. The zero-order chi connectivity index (χ0) is 25.4. The quantitative estimate of drug-likeness (QED) is 0.481. The van der Waals surface area contributed by atoms with E-state index in [0.717, 1.165) is 37.3 Å². The van der Waals surface area contributed by atoms with Crippen LogP contribution in [0.2, 0.25) is 0 Å². The first kappa shape index (κ1) is 24.4. The van der Waals surface area contributed by atoms with Gasteiger partial charge in [-0.2, -0.15) is 0 Å². The van der Waals surface area contributed by atoms with Gasteiger partial charge in [0.1, 0.15) is 18.2 Å². The number of rotatable bonds is 6. The second-order valence-corrected chi connectivity index (χ2v) is 10.7. The lowest BCUT2D eigenvalue weighted by molar-refractivity contribution is -0.137. The summed E-state index contributed by atoms with van der Waals surface area (Å²) in [6.07, 6.45) is 3.86. The third-order valence-corrected chi connectivity index (χ3v) is 8.30. The van der Waals surface area contributed by atoms with Gasteiger partial charge in [0.15, 0.2) is 0 Å². The minimum absolute atomic E-state index is 0.0580. The molecule has 0 aliphatic carbocycles. The van der Waals surface area contributed by atoms with E-state index < -0.39 is 12.1 Å². The predicted molar refractivity (Wildman–Crippen MR) is 142 cm³/mol. The Balaban J connectivity index is 1.28.